The van der Waals surface area contributed by atoms with Gasteiger partial charge in [-0.3, -0.25) is 4.79 Å². The highest BCUT2D eigenvalue weighted by Gasteiger charge is 2.24. The summed E-state index contributed by atoms with van der Waals surface area (Å²) in [5.74, 6) is -0.126. The summed E-state index contributed by atoms with van der Waals surface area (Å²) >= 11 is 12.2. The first-order valence-electron chi connectivity index (χ1n) is 7.16. The molecule has 0 bridgehead atoms. The van der Waals surface area contributed by atoms with Gasteiger partial charge < -0.3 is 4.90 Å². The molecule has 0 aliphatic heterocycles. The number of carbonyl (C=O) groups excluding carboxylic acids is 1. The van der Waals surface area contributed by atoms with Crippen molar-refractivity contribution in [1.29, 1.82) is 0 Å². The van der Waals surface area contributed by atoms with Crippen LogP contribution in [0.1, 0.15) is 15.9 Å². The monoisotopic (exact) mass is 335 g/mol. The molecule has 0 heterocycles. The summed E-state index contributed by atoms with van der Waals surface area (Å²) in [7, 11) is 3.93. The van der Waals surface area contributed by atoms with E-state index in [0.29, 0.717) is 28.6 Å². The van der Waals surface area contributed by atoms with E-state index in [0.717, 1.165) is 5.56 Å². The number of rotatable bonds is 6. The fourth-order valence-electron chi connectivity index (χ4n) is 2.49. The van der Waals surface area contributed by atoms with Gasteiger partial charge in [0.1, 0.15) is 0 Å². The molecule has 0 radical (unpaired) electrons. The highest BCUT2D eigenvalue weighted by Crippen LogP contribution is 2.28. The summed E-state index contributed by atoms with van der Waals surface area (Å²) in [5, 5.41) is 0.752. The fraction of sp³-hybridized carbons (Fsp3) is 0.278. The van der Waals surface area contributed by atoms with Crippen molar-refractivity contribution in [3.8, 4) is 0 Å². The van der Waals surface area contributed by atoms with E-state index in [1.54, 1.807) is 18.2 Å². The number of halogens is 2. The van der Waals surface area contributed by atoms with Crippen molar-refractivity contribution < 1.29 is 4.79 Å². The summed E-state index contributed by atoms with van der Waals surface area (Å²) in [6.07, 6.45) is 0.681. The zero-order valence-corrected chi connectivity index (χ0v) is 14.2. The molecule has 116 valence electrons. The van der Waals surface area contributed by atoms with Crippen molar-refractivity contribution in [3.63, 3.8) is 0 Å². The standard InChI is InChI=1S/C18H19Cl2NO/c1-21(2)12-14(11-13-7-4-3-5-8-13)18(22)15-9-6-10-16(19)17(15)20/h3-10,14H,11-12H2,1-2H3. The molecule has 22 heavy (non-hydrogen) atoms. The molecule has 2 nitrogen and oxygen atoms in total. The van der Waals surface area contributed by atoms with E-state index in [2.05, 4.69) is 0 Å². The molecule has 0 spiro atoms. The van der Waals surface area contributed by atoms with Crippen LogP contribution < -0.4 is 0 Å². The summed E-state index contributed by atoms with van der Waals surface area (Å²) < 4.78 is 0. The topological polar surface area (TPSA) is 20.3 Å². The van der Waals surface area contributed by atoms with Crippen LogP contribution in [0.5, 0.6) is 0 Å². The molecule has 2 aromatic carbocycles. The van der Waals surface area contributed by atoms with Gasteiger partial charge in [0.25, 0.3) is 0 Å². The molecular formula is C18H19Cl2NO. The lowest BCUT2D eigenvalue weighted by atomic mass is 9.91. The number of Topliss-reactive ketones (excluding diaryl/α,β-unsaturated/α-hetero) is 1. The Balaban J connectivity index is 2.28. The minimum Gasteiger partial charge on any atom is -0.309 e. The van der Waals surface area contributed by atoms with Crippen molar-refractivity contribution in [2.24, 2.45) is 5.92 Å². The molecule has 4 heteroatoms. The van der Waals surface area contributed by atoms with E-state index in [4.69, 9.17) is 23.2 Å². The average molecular weight is 336 g/mol. The molecule has 2 aromatic rings. The predicted octanol–water partition coefficient (Wildman–Crippen LogP) is 4.60. The summed E-state index contributed by atoms with van der Waals surface area (Å²) in [6, 6.07) is 15.2. The normalized spacial score (nSPS) is 12.4. The Morgan fingerprint density at radius 3 is 2.36 bits per heavy atom. The van der Waals surface area contributed by atoms with Crippen molar-refractivity contribution >= 4 is 29.0 Å². The van der Waals surface area contributed by atoms with Gasteiger partial charge in [0.15, 0.2) is 5.78 Å². The first-order chi connectivity index (χ1) is 10.5. The van der Waals surface area contributed by atoms with Crippen LogP contribution in [0.2, 0.25) is 10.0 Å². The minimum atomic E-state index is -0.159. The smallest absolute Gasteiger partial charge is 0.169 e. The van der Waals surface area contributed by atoms with E-state index in [-0.39, 0.29) is 11.7 Å². The lowest BCUT2D eigenvalue weighted by Crippen LogP contribution is -2.30. The summed E-state index contributed by atoms with van der Waals surface area (Å²) in [4.78, 5) is 14.9. The van der Waals surface area contributed by atoms with Gasteiger partial charge in [-0.15, -0.1) is 0 Å². The number of carbonyl (C=O) groups is 1. The van der Waals surface area contributed by atoms with Gasteiger partial charge >= 0.3 is 0 Å². The Morgan fingerprint density at radius 2 is 1.73 bits per heavy atom. The molecule has 0 fully saturated rings. The third-order valence-corrected chi connectivity index (χ3v) is 4.32. The van der Waals surface area contributed by atoms with Gasteiger partial charge in [0, 0.05) is 18.0 Å². The van der Waals surface area contributed by atoms with Gasteiger partial charge in [-0.25, -0.2) is 0 Å². The van der Waals surface area contributed by atoms with Crippen molar-refractivity contribution in [1.82, 2.24) is 4.90 Å². The quantitative estimate of drug-likeness (QED) is 0.719. The van der Waals surface area contributed by atoms with Gasteiger partial charge in [0.2, 0.25) is 0 Å². The zero-order chi connectivity index (χ0) is 16.1. The minimum absolute atomic E-state index is 0.0325. The lowest BCUT2D eigenvalue weighted by Gasteiger charge is -2.21. The van der Waals surface area contributed by atoms with Gasteiger partial charge in [-0.1, -0.05) is 59.6 Å². The van der Waals surface area contributed by atoms with Crippen LogP contribution in [-0.4, -0.2) is 31.3 Å². The van der Waals surface area contributed by atoms with Crippen LogP contribution in [-0.2, 0) is 6.42 Å². The first-order valence-corrected chi connectivity index (χ1v) is 7.91. The molecule has 1 unspecified atom stereocenters. The Morgan fingerprint density at radius 1 is 1.05 bits per heavy atom. The number of ketones is 1. The first kappa shape index (κ1) is 17.0. The largest absolute Gasteiger partial charge is 0.309 e. The van der Waals surface area contributed by atoms with E-state index < -0.39 is 0 Å². The maximum atomic E-state index is 12.9. The Bertz CT molecular complexity index is 641. The molecule has 0 saturated carbocycles. The third kappa shape index (κ3) is 4.33. The van der Waals surface area contributed by atoms with Crippen LogP contribution >= 0.6 is 23.2 Å². The van der Waals surface area contributed by atoms with Gasteiger partial charge in [-0.05, 0) is 38.2 Å². The van der Waals surface area contributed by atoms with Crippen LogP contribution in [0, 0.1) is 5.92 Å². The molecule has 0 N–H and O–H groups in total. The van der Waals surface area contributed by atoms with Gasteiger partial charge in [-0.2, -0.15) is 0 Å². The molecular weight excluding hydrogens is 317 g/mol. The number of nitrogens with zero attached hydrogens (tertiary/aromatic N) is 1. The van der Waals surface area contributed by atoms with Crippen LogP contribution in [0.25, 0.3) is 0 Å². The predicted molar refractivity (Wildman–Crippen MR) is 93.0 cm³/mol. The molecule has 0 aliphatic carbocycles. The summed E-state index contributed by atoms with van der Waals surface area (Å²) in [6.45, 7) is 0.663. The van der Waals surface area contributed by atoms with Crippen LogP contribution in [0.15, 0.2) is 48.5 Å². The Kier molecular flexibility index (Phi) is 6.01. The molecule has 2 rings (SSSR count). The second kappa shape index (κ2) is 7.77. The van der Waals surface area contributed by atoms with E-state index in [9.17, 15) is 4.79 Å². The van der Waals surface area contributed by atoms with Crippen molar-refractivity contribution in [2.75, 3.05) is 20.6 Å². The van der Waals surface area contributed by atoms with Crippen molar-refractivity contribution in [2.45, 2.75) is 6.42 Å². The van der Waals surface area contributed by atoms with Gasteiger partial charge in [0.05, 0.1) is 10.0 Å². The Labute approximate surface area is 141 Å². The van der Waals surface area contributed by atoms with Crippen LogP contribution in [0.3, 0.4) is 0 Å². The second-order valence-corrected chi connectivity index (χ2v) is 6.40. The molecule has 1 atom stereocenters. The summed E-state index contributed by atoms with van der Waals surface area (Å²) in [5.41, 5.74) is 1.64. The number of hydrogen-bond acceptors (Lipinski definition) is 2. The van der Waals surface area contributed by atoms with Crippen LogP contribution in [0.4, 0.5) is 0 Å². The molecule has 0 aliphatic rings. The van der Waals surface area contributed by atoms with E-state index in [1.165, 1.54) is 0 Å². The fourth-order valence-corrected chi connectivity index (χ4v) is 2.89. The van der Waals surface area contributed by atoms with E-state index >= 15 is 0 Å². The lowest BCUT2D eigenvalue weighted by molar-refractivity contribution is 0.0897. The SMILES string of the molecule is CN(C)CC(Cc1ccccc1)C(=O)c1cccc(Cl)c1Cl. The highest BCUT2D eigenvalue weighted by molar-refractivity contribution is 6.44. The Hall–Kier alpha value is -1.35. The van der Waals surface area contributed by atoms with E-state index in [1.807, 2.05) is 49.3 Å². The number of benzene rings is 2. The second-order valence-electron chi connectivity index (χ2n) is 5.61. The maximum absolute atomic E-state index is 12.9. The molecule has 0 amide bonds. The average Bonchev–Trinajstić information content (AvgIpc) is 2.49. The highest BCUT2D eigenvalue weighted by atomic mass is 35.5. The number of hydrogen-bond donors (Lipinski definition) is 0. The maximum Gasteiger partial charge on any atom is 0.169 e. The zero-order valence-electron chi connectivity index (χ0n) is 12.7. The van der Waals surface area contributed by atoms with Crippen molar-refractivity contribution in [3.05, 3.63) is 69.7 Å². The third-order valence-electron chi connectivity index (χ3n) is 3.50. The molecule has 0 saturated heterocycles. The molecule has 0 aromatic heterocycles.